The van der Waals surface area contributed by atoms with Gasteiger partial charge < -0.3 is 15.5 Å². The molecular weight excluding hydrogens is 578 g/mol. The molecule has 208 valence electrons. The number of nitrogens with one attached hydrogen (secondary N) is 2. The smallest absolute Gasteiger partial charge is 0.416 e. The van der Waals surface area contributed by atoms with E-state index in [-0.39, 0.29) is 26.7 Å². The molecule has 0 radical (unpaired) electrons. The summed E-state index contributed by atoms with van der Waals surface area (Å²) >= 11 is 5.85. The first-order valence-corrected chi connectivity index (χ1v) is 11.7. The lowest BCUT2D eigenvalue weighted by Gasteiger charge is -2.17. The highest BCUT2D eigenvalue weighted by Gasteiger charge is 2.37. The van der Waals surface area contributed by atoms with E-state index in [1.807, 2.05) is 5.32 Å². The lowest BCUT2D eigenvalue weighted by Crippen LogP contribution is -2.50. The Labute approximate surface area is 224 Å². The zero-order valence-corrected chi connectivity index (χ0v) is 20.8. The maximum atomic E-state index is 13.2. The fourth-order valence-electron chi connectivity index (χ4n) is 3.12. The molecule has 9 nitrogen and oxygen atoms in total. The Bertz CT molecular complexity index is 1320. The van der Waals surface area contributed by atoms with E-state index in [4.69, 9.17) is 22.4 Å². The molecule has 3 rings (SSSR count). The predicted octanol–water partition coefficient (Wildman–Crippen LogP) is 3.05. The molecule has 1 fully saturated rings. The van der Waals surface area contributed by atoms with Gasteiger partial charge in [0.05, 0.1) is 40.6 Å². The van der Waals surface area contributed by atoms with E-state index >= 15 is 0 Å². The van der Waals surface area contributed by atoms with Gasteiger partial charge in [0, 0.05) is 5.56 Å². The summed E-state index contributed by atoms with van der Waals surface area (Å²) in [6, 6.07) is 3.38. The molecule has 0 spiro atoms. The molecule has 1 aromatic carbocycles. The molecule has 2 heterocycles. The van der Waals surface area contributed by atoms with Crippen LogP contribution in [0.4, 0.5) is 26.3 Å². The summed E-state index contributed by atoms with van der Waals surface area (Å²) in [5.41, 5.74) is -1.27. The summed E-state index contributed by atoms with van der Waals surface area (Å²) in [5, 5.41) is 20.6. The van der Waals surface area contributed by atoms with Crippen molar-refractivity contribution in [2.24, 2.45) is 0 Å². The number of carboxylic acid groups (broad SMARTS) is 1. The number of thioether (sulfide) groups is 1. The van der Waals surface area contributed by atoms with E-state index in [1.165, 1.54) is 24.3 Å². The van der Waals surface area contributed by atoms with Crippen LogP contribution < -0.4 is 10.7 Å². The van der Waals surface area contributed by atoms with Crippen molar-refractivity contribution in [3.05, 3.63) is 58.1 Å². The largest absolute Gasteiger partial charge is 0.480 e. The molecule has 17 heteroatoms. The first kappa shape index (κ1) is 30.0. The third-order valence-electron chi connectivity index (χ3n) is 4.94. The number of alkyl halides is 6. The number of hydrogen-bond donors (Lipinski definition) is 4. The van der Waals surface area contributed by atoms with Gasteiger partial charge in [-0.1, -0.05) is 30.0 Å². The fraction of sp³-hybridized carbons (Fsp3) is 0.227. The second-order valence-corrected chi connectivity index (χ2v) is 9.41. The maximum absolute atomic E-state index is 13.2. The van der Waals surface area contributed by atoms with Crippen LogP contribution in [0.25, 0.3) is 17.3 Å². The van der Waals surface area contributed by atoms with Crippen molar-refractivity contribution in [2.45, 2.75) is 18.4 Å². The van der Waals surface area contributed by atoms with Crippen LogP contribution in [0.1, 0.15) is 16.8 Å². The number of aliphatic hydroxyl groups excluding tert-OH is 1. The second-order valence-electron chi connectivity index (χ2n) is 7.74. The first-order chi connectivity index (χ1) is 18.1. The van der Waals surface area contributed by atoms with Crippen LogP contribution in [-0.4, -0.2) is 61.5 Å². The number of halogens is 6. The molecule has 4 N–H and O–H groups in total. The fourth-order valence-corrected chi connectivity index (χ4v) is 4.32. The van der Waals surface area contributed by atoms with Crippen LogP contribution in [0, 0.1) is 0 Å². The van der Waals surface area contributed by atoms with Crippen molar-refractivity contribution in [1.82, 2.24) is 20.7 Å². The molecule has 0 aliphatic carbocycles. The number of aliphatic carboxylic acids is 1. The number of nitrogens with zero attached hydrogens (tertiary/aromatic N) is 2. The lowest BCUT2D eigenvalue weighted by atomic mass is 10.0. The highest BCUT2D eigenvalue weighted by atomic mass is 32.2. The minimum atomic E-state index is -5.04. The summed E-state index contributed by atoms with van der Waals surface area (Å²) < 4.78 is 79.3. The van der Waals surface area contributed by atoms with Crippen molar-refractivity contribution < 1.29 is 50.9 Å². The van der Waals surface area contributed by atoms with E-state index in [1.54, 1.807) is 0 Å². The van der Waals surface area contributed by atoms with Crippen molar-refractivity contribution >= 4 is 52.2 Å². The zero-order chi connectivity index (χ0) is 29.1. The predicted molar refractivity (Wildman–Crippen MR) is 129 cm³/mol. The standard InChI is InChI=1S/C22H16F6N4O5S2/c23-21(24,25)11-4-10(5-12(6-11)22(26,27)28)14-3-1-2-13(30-14)7-16-18(35)32(20(38)39-16)29-8-17(34)31-15(9-33)19(36)37/h1-7,15,29,33H,8-9H2,(H,31,34)(H,36,37)/t15-/m0/s1. The zero-order valence-electron chi connectivity index (χ0n) is 19.1. The summed E-state index contributed by atoms with van der Waals surface area (Å²) in [4.78, 5) is 39.6. The number of hydrazine groups is 1. The summed E-state index contributed by atoms with van der Waals surface area (Å²) in [7, 11) is 0. The van der Waals surface area contributed by atoms with Crippen LogP contribution in [0.15, 0.2) is 41.3 Å². The van der Waals surface area contributed by atoms with Gasteiger partial charge in [0.1, 0.15) is 6.04 Å². The Balaban J connectivity index is 1.82. The van der Waals surface area contributed by atoms with Crippen LogP contribution in [0.2, 0.25) is 0 Å². The van der Waals surface area contributed by atoms with Gasteiger partial charge in [-0.3, -0.25) is 9.59 Å². The Morgan fingerprint density at radius 1 is 1.10 bits per heavy atom. The maximum Gasteiger partial charge on any atom is 0.416 e. The van der Waals surface area contributed by atoms with Crippen molar-refractivity contribution in [3.8, 4) is 11.3 Å². The van der Waals surface area contributed by atoms with Crippen LogP contribution in [-0.2, 0) is 26.7 Å². The molecule has 2 amide bonds. The molecule has 0 saturated carbocycles. The number of carbonyl (C=O) groups excluding carboxylic acids is 2. The number of aromatic nitrogens is 1. The Morgan fingerprint density at radius 3 is 2.26 bits per heavy atom. The van der Waals surface area contributed by atoms with Gasteiger partial charge in [0.2, 0.25) is 5.91 Å². The number of amides is 2. The molecule has 1 saturated heterocycles. The third-order valence-corrected chi connectivity index (χ3v) is 6.24. The SMILES string of the molecule is O=C(CNN1C(=O)C(=Cc2cccc(-c3cc(C(F)(F)F)cc(C(F)(F)F)c3)n2)SC1=S)N[C@@H](CO)C(=O)O. The van der Waals surface area contributed by atoms with Gasteiger partial charge in [-0.2, -0.15) is 26.3 Å². The summed E-state index contributed by atoms with van der Waals surface area (Å²) in [6.45, 7) is -1.46. The van der Waals surface area contributed by atoms with Crippen molar-refractivity contribution in [1.29, 1.82) is 0 Å². The van der Waals surface area contributed by atoms with Crippen molar-refractivity contribution in [3.63, 3.8) is 0 Å². The number of hydrogen-bond acceptors (Lipinski definition) is 8. The van der Waals surface area contributed by atoms with E-state index in [0.717, 1.165) is 16.8 Å². The molecule has 0 unspecified atom stereocenters. The first-order valence-electron chi connectivity index (χ1n) is 10.5. The number of pyridine rings is 1. The van der Waals surface area contributed by atoms with Crippen LogP contribution in [0.5, 0.6) is 0 Å². The number of rotatable bonds is 8. The number of benzene rings is 1. The Morgan fingerprint density at radius 2 is 1.72 bits per heavy atom. The molecule has 2 aromatic rings. The monoisotopic (exact) mass is 594 g/mol. The van der Waals surface area contributed by atoms with Gasteiger partial charge in [-0.05, 0) is 36.4 Å². The summed E-state index contributed by atoms with van der Waals surface area (Å²) in [6.07, 6.45) is -8.88. The number of carbonyl (C=O) groups is 3. The van der Waals surface area contributed by atoms with Crippen molar-refractivity contribution in [2.75, 3.05) is 13.2 Å². The average Bonchev–Trinajstić information content (AvgIpc) is 3.11. The molecule has 1 aromatic heterocycles. The number of carboxylic acids is 1. The molecule has 1 aliphatic heterocycles. The van der Waals surface area contributed by atoms with Gasteiger partial charge in [-0.25, -0.2) is 20.2 Å². The average molecular weight is 595 g/mol. The molecular formula is C22H16F6N4O5S2. The minimum Gasteiger partial charge on any atom is -0.480 e. The highest BCUT2D eigenvalue weighted by Crippen LogP contribution is 2.38. The minimum absolute atomic E-state index is 0.00239. The second kappa shape index (κ2) is 11.7. The molecule has 1 atom stereocenters. The van der Waals surface area contributed by atoms with Gasteiger partial charge in [0.25, 0.3) is 5.91 Å². The quantitative estimate of drug-likeness (QED) is 0.207. The third kappa shape index (κ3) is 7.53. The van der Waals surface area contributed by atoms with E-state index in [0.29, 0.717) is 12.1 Å². The van der Waals surface area contributed by atoms with Gasteiger partial charge in [-0.15, -0.1) is 0 Å². The van der Waals surface area contributed by atoms with E-state index in [9.17, 15) is 40.7 Å². The van der Waals surface area contributed by atoms with E-state index in [2.05, 4.69) is 10.4 Å². The topological polar surface area (TPSA) is 132 Å². The Hall–Kier alpha value is -3.54. The lowest BCUT2D eigenvalue weighted by molar-refractivity contribution is -0.143. The van der Waals surface area contributed by atoms with E-state index < -0.39 is 66.0 Å². The molecule has 39 heavy (non-hydrogen) atoms. The highest BCUT2D eigenvalue weighted by molar-refractivity contribution is 8.26. The van der Waals surface area contributed by atoms with Crippen LogP contribution in [0.3, 0.4) is 0 Å². The van der Waals surface area contributed by atoms with Crippen LogP contribution >= 0.6 is 24.0 Å². The van der Waals surface area contributed by atoms with Gasteiger partial charge in [0.15, 0.2) is 4.32 Å². The van der Waals surface area contributed by atoms with Gasteiger partial charge >= 0.3 is 18.3 Å². The molecule has 0 bridgehead atoms. The number of thiocarbonyl (C=S) groups is 1. The Kier molecular flexibility index (Phi) is 8.99. The summed E-state index contributed by atoms with van der Waals surface area (Å²) in [5.74, 6) is -3.10. The number of aliphatic hydroxyl groups is 1. The normalized spacial score (nSPS) is 16.1. The molecule has 1 aliphatic rings.